The van der Waals surface area contributed by atoms with Gasteiger partial charge in [0.05, 0.1) is 12.2 Å². The largest absolute Gasteiger partial charge is 0.369 e. The number of rotatable bonds is 4. The van der Waals surface area contributed by atoms with Gasteiger partial charge in [0.15, 0.2) is 0 Å². The lowest BCUT2D eigenvalue weighted by atomic mass is 10.1. The van der Waals surface area contributed by atoms with Crippen LogP contribution in [0.15, 0.2) is 24.3 Å². The standard InChI is InChI=1S/C11H16FNO/c1-8(2)14-11(7-13)9-5-3-4-6-10(9)12/h3-6,8,11H,7,13H2,1-2H3/t11-/m0/s1. The Labute approximate surface area is 83.9 Å². The maximum absolute atomic E-state index is 13.3. The average Bonchev–Trinajstić information content (AvgIpc) is 2.15. The summed E-state index contributed by atoms with van der Waals surface area (Å²) in [5.74, 6) is -0.261. The third kappa shape index (κ3) is 2.79. The number of halogens is 1. The van der Waals surface area contributed by atoms with Crippen molar-refractivity contribution in [1.82, 2.24) is 0 Å². The van der Waals surface area contributed by atoms with Crippen molar-refractivity contribution in [3.05, 3.63) is 35.6 Å². The van der Waals surface area contributed by atoms with E-state index in [0.29, 0.717) is 12.1 Å². The van der Waals surface area contributed by atoms with Gasteiger partial charge >= 0.3 is 0 Å². The molecule has 1 atom stereocenters. The summed E-state index contributed by atoms with van der Waals surface area (Å²) in [6.07, 6.45) is -0.306. The zero-order valence-corrected chi connectivity index (χ0v) is 8.53. The van der Waals surface area contributed by atoms with E-state index in [0.717, 1.165) is 0 Å². The first-order chi connectivity index (χ1) is 6.65. The van der Waals surface area contributed by atoms with Crippen molar-refractivity contribution < 1.29 is 9.13 Å². The summed E-state index contributed by atoms with van der Waals surface area (Å²) in [5, 5.41) is 0. The minimum absolute atomic E-state index is 0.0446. The van der Waals surface area contributed by atoms with Gasteiger partial charge in [-0.15, -0.1) is 0 Å². The molecular formula is C11H16FNO. The van der Waals surface area contributed by atoms with Crippen LogP contribution in [-0.4, -0.2) is 12.6 Å². The zero-order valence-electron chi connectivity index (χ0n) is 8.53. The van der Waals surface area contributed by atoms with Crippen LogP contribution >= 0.6 is 0 Å². The molecule has 0 amide bonds. The van der Waals surface area contributed by atoms with Gasteiger partial charge in [-0.2, -0.15) is 0 Å². The molecule has 78 valence electrons. The predicted octanol–water partition coefficient (Wildman–Crippen LogP) is 2.25. The van der Waals surface area contributed by atoms with E-state index in [1.54, 1.807) is 18.2 Å². The second kappa shape index (κ2) is 5.08. The topological polar surface area (TPSA) is 35.2 Å². The molecule has 0 heterocycles. The third-order valence-corrected chi connectivity index (χ3v) is 1.90. The Balaban J connectivity index is 2.83. The van der Waals surface area contributed by atoms with E-state index in [-0.39, 0.29) is 18.0 Å². The van der Waals surface area contributed by atoms with Crippen LogP contribution in [-0.2, 0) is 4.74 Å². The van der Waals surface area contributed by atoms with E-state index >= 15 is 0 Å². The van der Waals surface area contributed by atoms with Gasteiger partial charge in [-0.25, -0.2) is 4.39 Å². The van der Waals surface area contributed by atoms with Crippen LogP contribution in [0.25, 0.3) is 0 Å². The summed E-state index contributed by atoms with van der Waals surface area (Å²) in [5.41, 5.74) is 6.06. The lowest BCUT2D eigenvalue weighted by Crippen LogP contribution is -2.20. The molecule has 0 bridgehead atoms. The monoisotopic (exact) mass is 197 g/mol. The lowest BCUT2D eigenvalue weighted by molar-refractivity contribution is 0.0101. The fraction of sp³-hybridized carbons (Fsp3) is 0.455. The Hall–Kier alpha value is -0.930. The number of hydrogen-bond donors (Lipinski definition) is 1. The highest BCUT2D eigenvalue weighted by molar-refractivity contribution is 5.20. The first-order valence-electron chi connectivity index (χ1n) is 4.75. The number of hydrogen-bond acceptors (Lipinski definition) is 2. The molecular weight excluding hydrogens is 181 g/mol. The average molecular weight is 197 g/mol. The summed E-state index contributed by atoms with van der Waals surface area (Å²) in [7, 11) is 0. The van der Waals surface area contributed by atoms with Crippen LogP contribution in [0, 0.1) is 5.82 Å². The molecule has 0 spiro atoms. The Morgan fingerprint density at radius 1 is 1.36 bits per heavy atom. The van der Waals surface area contributed by atoms with Crippen molar-refractivity contribution in [2.45, 2.75) is 26.1 Å². The summed E-state index contributed by atoms with van der Waals surface area (Å²) in [6, 6.07) is 6.56. The van der Waals surface area contributed by atoms with Gasteiger partial charge in [-0.1, -0.05) is 18.2 Å². The van der Waals surface area contributed by atoms with E-state index < -0.39 is 0 Å². The van der Waals surface area contributed by atoms with Gasteiger partial charge in [0.1, 0.15) is 5.82 Å². The van der Waals surface area contributed by atoms with Crippen LogP contribution in [0.3, 0.4) is 0 Å². The van der Waals surface area contributed by atoms with Gasteiger partial charge in [0.25, 0.3) is 0 Å². The van der Waals surface area contributed by atoms with Crippen molar-refractivity contribution in [3.8, 4) is 0 Å². The van der Waals surface area contributed by atoms with Crippen LogP contribution in [0.1, 0.15) is 25.5 Å². The number of nitrogens with two attached hydrogens (primary N) is 1. The van der Waals surface area contributed by atoms with E-state index in [9.17, 15) is 4.39 Å². The first kappa shape index (κ1) is 11.1. The van der Waals surface area contributed by atoms with Crippen molar-refractivity contribution in [2.75, 3.05) is 6.54 Å². The lowest BCUT2D eigenvalue weighted by Gasteiger charge is -2.19. The van der Waals surface area contributed by atoms with Gasteiger partial charge in [-0.05, 0) is 19.9 Å². The summed E-state index contributed by atoms with van der Waals surface area (Å²) in [4.78, 5) is 0. The third-order valence-electron chi connectivity index (χ3n) is 1.90. The summed E-state index contributed by atoms with van der Waals surface area (Å²) >= 11 is 0. The smallest absolute Gasteiger partial charge is 0.129 e. The van der Waals surface area contributed by atoms with Gasteiger partial charge in [-0.3, -0.25) is 0 Å². The highest BCUT2D eigenvalue weighted by atomic mass is 19.1. The molecule has 2 nitrogen and oxygen atoms in total. The molecule has 0 fully saturated rings. The van der Waals surface area contributed by atoms with E-state index in [1.165, 1.54) is 6.07 Å². The van der Waals surface area contributed by atoms with Crippen LogP contribution in [0.5, 0.6) is 0 Å². The molecule has 1 aromatic rings. The van der Waals surface area contributed by atoms with Crippen LogP contribution in [0.4, 0.5) is 4.39 Å². The molecule has 0 aliphatic rings. The van der Waals surface area contributed by atoms with E-state index in [1.807, 2.05) is 13.8 Å². The zero-order chi connectivity index (χ0) is 10.6. The molecule has 0 aliphatic heterocycles. The molecule has 2 N–H and O–H groups in total. The van der Waals surface area contributed by atoms with Crippen LogP contribution in [0.2, 0.25) is 0 Å². The molecule has 0 aliphatic carbocycles. The van der Waals surface area contributed by atoms with Crippen LogP contribution < -0.4 is 5.73 Å². The van der Waals surface area contributed by atoms with E-state index in [4.69, 9.17) is 10.5 Å². The van der Waals surface area contributed by atoms with E-state index in [2.05, 4.69) is 0 Å². The molecule has 0 saturated heterocycles. The molecule has 0 radical (unpaired) electrons. The molecule has 1 rings (SSSR count). The van der Waals surface area contributed by atoms with Gasteiger partial charge < -0.3 is 10.5 Å². The number of ether oxygens (including phenoxy) is 1. The highest BCUT2D eigenvalue weighted by Gasteiger charge is 2.15. The summed E-state index contributed by atoms with van der Waals surface area (Å²) < 4.78 is 18.8. The minimum Gasteiger partial charge on any atom is -0.369 e. The quantitative estimate of drug-likeness (QED) is 0.803. The Morgan fingerprint density at radius 3 is 2.50 bits per heavy atom. The molecule has 0 unspecified atom stereocenters. The van der Waals surface area contributed by atoms with Gasteiger partial charge in [0.2, 0.25) is 0 Å². The summed E-state index contributed by atoms with van der Waals surface area (Å²) in [6.45, 7) is 4.10. The molecule has 1 aromatic carbocycles. The van der Waals surface area contributed by atoms with Crippen molar-refractivity contribution >= 4 is 0 Å². The fourth-order valence-electron chi connectivity index (χ4n) is 1.32. The van der Waals surface area contributed by atoms with Crippen molar-refractivity contribution in [1.29, 1.82) is 0 Å². The van der Waals surface area contributed by atoms with Crippen molar-refractivity contribution in [3.63, 3.8) is 0 Å². The second-order valence-corrected chi connectivity index (χ2v) is 3.43. The fourth-order valence-corrected chi connectivity index (χ4v) is 1.32. The Kier molecular flexibility index (Phi) is 4.04. The Morgan fingerprint density at radius 2 is 2.00 bits per heavy atom. The number of benzene rings is 1. The minimum atomic E-state index is -0.351. The van der Waals surface area contributed by atoms with Gasteiger partial charge in [0, 0.05) is 12.1 Å². The molecule has 0 aromatic heterocycles. The molecule has 0 saturated carbocycles. The normalized spacial score (nSPS) is 13.2. The highest BCUT2D eigenvalue weighted by Crippen LogP contribution is 2.20. The predicted molar refractivity (Wildman–Crippen MR) is 54.4 cm³/mol. The Bertz CT molecular complexity index is 288. The maximum Gasteiger partial charge on any atom is 0.129 e. The first-order valence-corrected chi connectivity index (χ1v) is 4.75. The molecule has 3 heteroatoms. The van der Waals surface area contributed by atoms with Crippen molar-refractivity contribution in [2.24, 2.45) is 5.73 Å². The SMILES string of the molecule is CC(C)O[C@@H](CN)c1ccccc1F. The second-order valence-electron chi connectivity index (χ2n) is 3.43. The maximum atomic E-state index is 13.3. The molecule has 14 heavy (non-hydrogen) atoms.